The summed E-state index contributed by atoms with van der Waals surface area (Å²) in [6, 6.07) is 10.1. The van der Waals surface area contributed by atoms with Crippen molar-refractivity contribution in [2.45, 2.75) is 26.4 Å². The number of esters is 1. The van der Waals surface area contributed by atoms with Gasteiger partial charge in [0.05, 0.1) is 11.6 Å². The van der Waals surface area contributed by atoms with Crippen LogP contribution in [0.2, 0.25) is 0 Å². The van der Waals surface area contributed by atoms with Crippen LogP contribution in [0.4, 0.5) is 20.2 Å². The van der Waals surface area contributed by atoms with Gasteiger partial charge in [0.2, 0.25) is 5.91 Å². The van der Waals surface area contributed by atoms with E-state index in [4.69, 9.17) is 4.74 Å². The Bertz CT molecular complexity index is 946. The van der Waals surface area contributed by atoms with Crippen LogP contribution in [0, 0.1) is 24.5 Å². The first-order valence-corrected chi connectivity index (χ1v) is 9.08. The monoisotopic (exact) mass is 402 g/mol. The van der Waals surface area contributed by atoms with Crippen molar-refractivity contribution in [1.82, 2.24) is 0 Å². The molecule has 152 valence electrons. The minimum absolute atomic E-state index is 0.0202. The maximum absolute atomic E-state index is 13.6. The summed E-state index contributed by atoms with van der Waals surface area (Å²) in [4.78, 5) is 38.3. The van der Waals surface area contributed by atoms with Gasteiger partial charge in [-0.15, -0.1) is 0 Å². The number of amides is 2. The highest BCUT2D eigenvalue weighted by molar-refractivity contribution is 6.00. The van der Waals surface area contributed by atoms with Gasteiger partial charge in [0.25, 0.3) is 5.91 Å². The smallest absolute Gasteiger partial charge is 0.312 e. The molecule has 0 bridgehead atoms. The van der Waals surface area contributed by atoms with E-state index in [1.165, 1.54) is 11.8 Å². The fraction of sp³-hybridized carbons (Fsp3) is 0.286. The molecule has 0 unspecified atom stereocenters. The van der Waals surface area contributed by atoms with Gasteiger partial charge in [-0.1, -0.05) is 17.7 Å². The molecule has 1 N–H and O–H groups in total. The Balaban J connectivity index is 1.58. The molecule has 6 nitrogen and oxygen atoms in total. The minimum atomic E-state index is -1.21. The van der Waals surface area contributed by atoms with E-state index in [0.717, 1.165) is 17.7 Å². The molecule has 2 aromatic carbocycles. The third-order valence-corrected chi connectivity index (χ3v) is 4.66. The van der Waals surface area contributed by atoms with Crippen LogP contribution in [0.1, 0.15) is 18.9 Å². The fourth-order valence-corrected chi connectivity index (χ4v) is 2.99. The maximum atomic E-state index is 13.6. The van der Waals surface area contributed by atoms with Gasteiger partial charge in [-0.3, -0.25) is 14.4 Å². The third-order valence-electron chi connectivity index (χ3n) is 4.66. The number of carbonyl (C=O) groups excluding carboxylic acids is 3. The summed E-state index contributed by atoms with van der Waals surface area (Å²) in [5, 5.41) is 2.25. The van der Waals surface area contributed by atoms with Crippen LogP contribution in [-0.2, 0) is 19.1 Å². The normalized spacial score (nSPS) is 17.2. The number of ether oxygens (including phenoxy) is 1. The molecule has 8 heteroatoms. The van der Waals surface area contributed by atoms with Crippen molar-refractivity contribution in [2.24, 2.45) is 5.92 Å². The molecule has 1 fully saturated rings. The highest BCUT2D eigenvalue weighted by Crippen LogP contribution is 2.26. The van der Waals surface area contributed by atoms with Crippen LogP contribution in [0.15, 0.2) is 42.5 Å². The number of nitrogens with one attached hydrogen (secondary N) is 1. The second-order valence-corrected chi connectivity index (χ2v) is 6.93. The fourth-order valence-electron chi connectivity index (χ4n) is 2.99. The molecule has 1 aliphatic rings. The van der Waals surface area contributed by atoms with Crippen LogP contribution in [0.3, 0.4) is 0 Å². The number of aryl methyl sites for hydroxylation is 1. The molecule has 0 aliphatic carbocycles. The number of benzene rings is 2. The van der Waals surface area contributed by atoms with Crippen molar-refractivity contribution in [3.05, 3.63) is 59.7 Å². The van der Waals surface area contributed by atoms with E-state index in [0.29, 0.717) is 11.8 Å². The number of hydrogen-bond acceptors (Lipinski definition) is 4. The molecule has 1 aliphatic heterocycles. The van der Waals surface area contributed by atoms with Crippen molar-refractivity contribution in [3.8, 4) is 0 Å². The van der Waals surface area contributed by atoms with E-state index in [1.54, 1.807) is 12.1 Å². The summed E-state index contributed by atoms with van der Waals surface area (Å²) in [5.41, 5.74) is 1.52. The first-order valence-electron chi connectivity index (χ1n) is 9.08. The molecule has 0 spiro atoms. The van der Waals surface area contributed by atoms with Gasteiger partial charge < -0.3 is 15.0 Å². The van der Waals surface area contributed by atoms with Crippen molar-refractivity contribution in [2.75, 3.05) is 16.8 Å². The second kappa shape index (κ2) is 8.38. The predicted octanol–water partition coefficient (Wildman–Crippen LogP) is 3.20. The van der Waals surface area contributed by atoms with E-state index in [-0.39, 0.29) is 24.6 Å². The number of hydrogen-bond donors (Lipinski definition) is 1. The molecule has 1 heterocycles. The molecule has 0 radical (unpaired) electrons. The Kier molecular flexibility index (Phi) is 5.91. The summed E-state index contributed by atoms with van der Waals surface area (Å²) in [7, 11) is 0. The lowest BCUT2D eigenvalue weighted by Crippen LogP contribution is -2.33. The molecule has 0 saturated carbocycles. The summed E-state index contributed by atoms with van der Waals surface area (Å²) in [6.07, 6.45) is -1.23. The van der Waals surface area contributed by atoms with Crippen molar-refractivity contribution >= 4 is 29.2 Å². The minimum Gasteiger partial charge on any atom is -0.452 e. The van der Waals surface area contributed by atoms with Gasteiger partial charge in [-0.25, -0.2) is 8.78 Å². The predicted molar refractivity (Wildman–Crippen MR) is 102 cm³/mol. The van der Waals surface area contributed by atoms with Gasteiger partial charge in [0, 0.05) is 24.7 Å². The molecule has 2 atom stereocenters. The van der Waals surface area contributed by atoms with Crippen molar-refractivity contribution in [1.29, 1.82) is 0 Å². The number of nitrogens with zero attached hydrogens (tertiary/aromatic N) is 1. The lowest BCUT2D eigenvalue weighted by molar-refractivity contribution is -0.157. The van der Waals surface area contributed by atoms with E-state index in [1.807, 2.05) is 19.1 Å². The van der Waals surface area contributed by atoms with Gasteiger partial charge in [0.15, 0.2) is 6.10 Å². The highest BCUT2D eigenvalue weighted by atomic mass is 19.1. The van der Waals surface area contributed by atoms with Crippen LogP contribution in [0.5, 0.6) is 0 Å². The van der Waals surface area contributed by atoms with Gasteiger partial charge in [-0.2, -0.15) is 0 Å². The quantitative estimate of drug-likeness (QED) is 0.780. The third kappa shape index (κ3) is 4.77. The van der Waals surface area contributed by atoms with Crippen LogP contribution in [0.25, 0.3) is 0 Å². The second-order valence-electron chi connectivity index (χ2n) is 6.93. The Hall–Kier alpha value is -3.29. The molecule has 29 heavy (non-hydrogen) atoms. The lowest BCUT2D eigenvalue weighted by Gasteiger charge is -2.18. The van der Waals surface area contributed by atoms with Crippen LogP contribution in [-0.4, -0.2) is 30.4 Å². The summed E-state index contributed by atoms with van der Waals surface area (Å²) < 4.78 is 31.7. The van der Waals surface area contributed by atoms with Gasteiger partial charge in [-0.05, 0) is 38.1 Å². The standard InChI is InChI=1S/C21H20F2N2O4/c1-12-3-6-16(7-4-12)25-11-14(9-19(25)26)21(28)29-13(2)20(27)24-18-8-5-15(22)10-17(18)23/h3-8,10,13-14H,9,11H2,1-2H3,(H,24,27)/t13-,14+/m1/s1. The topological polar surface area (TPSA) is 75.7 Å². The molecular formula is C21H20F2N2O4. The molecule has 3 rings (SSSR count). The van der Waals surface area contributed by atoms with E-state index < -0.39 is 35.5 Å². The average Bonchev–Trinajstić information content (AvgIpc) is 3.06. The lowest BCUT2D eigenvalue weighted by atomic mass is 10.1. The van der Waals surface area contributed by atoms with Crippen LogP contribution < -0.4 is 10.2 Å². The Labute approximate surface area is 166 Å². The molecule has 1 saturated heterocycles. The average molecular weight is 402 g/mol. The summed E-state index contributed by atoms with van der Waals surface area (Å²) in [5.74, 6) is -4.07. The Morgan fingerprint density at radius 2 is 1.86 bits per heavy atom. The Morgan fingerprint density at radius 3 is 2.52 bits per heavy atom. The first kappa shape index (κ1) is 20.4. The molecular weight excluding hydrogens is 382 g/mol. The Morgan fingerprint density at radius 1 is 1.17 bits per heavy atom. The van der Waals surface area contributed by atoms with E-state index >= 15 is 0 Å². The SMILES string of the molecule is Cc1ccc(N2C[C@@H](C(=O)O[C@H](C)C(=O)Nc3ccc(F)cc3F)CC2=O)cc1. The molecule has 2 amide bonds. The first-order chi connectivity index (χ1) is 13.7. The van der Waals surface area contributed by atoms with Crippen molar-refractivity contribution in [3.63, 3.8) is 0 Å². The summed E-state index contributed by atoms with van der Waals surface area (Å²) in [6.45, 7) is 3.42. The molecule has 2 aromatic rings. The zero-order valence-electron chi connectivity index (χ0n) is 15.9. The highest BCUT2D eigenvalue weighted by Gasteiger charge is 2.37. The number of carbonyl (C=O) groups is 3. The number of anilines is 2. The summed E-state index contributed by atoms with van der Waals surface area (Å²) >= 11 is 0. The maximum Gasteiger partial charge on any atom is 0.312 e. The van der Waals surface area contributed by atoms with Crippen molar-refractivity contribution < 1.29 is 27.9 Å². The zero-order chi connectivity index (χ0) is 21.1. The largest absolute Gasteiger partial charge is 0.452 e. The zero-order valence-corrected chi connectivity index (χ0v) is 15.9. The van der Waals surface area contributed by atoms with Gasteiger partial charge >= 0.3 is 5.97 Å². The van der Waals surface area contributed by atoms with E-state index in [2.05, 4.69) is 5.32 Å². The van der Waals surface area contributed by atoms with Gasteiger partial charge in [0.1, 0.15) is 11.6 Å². The van der Waals surface area contributed by atoms with E-state index in [9.17, 15) is 23.2 Å². The number of rotatable bonds is 5. The van der Waals surface area contributed by atoms with Crippen LogP contribution >= 0.6 is 0 Å². The molecule has 0 aromatic heterocycles. The number of halogens is 2.